The maximum absolute atomic E-state index is 10.6. The van der Waals surface area contributed by atoms with Crippen LogP contribution in [0.5, 0.6) is 0 Å². The summed E-state index contributed by atoms with van der Waals surface area (Å²) in [5, 5.41) is 13.8. The normalized spacial score (nSPS) is 10.9. The van der Waals surface area contributed by atoms with Gasteiger partial charge in [0.2, 0.25) is 0 Å². The minimum atomic E-state index is -0.391. The van der Waals surface area contributed by atoms with E-state index in [1.165, 1.54) is 12.1 Å². The number of benzene rings is 1. The highest BCUT2D eigenvalue weighted by Crippen LogP contribution is 2.13. The van der Waals surface area contributed by atoms with Gasteiger partial charge in [-0.1, -0.05) is 12.1 Å². The lowest BCUT2D eigenvalue weighted by molar-refractivity contribution is -0.384. The molecule has 1 aromatic rings. The van der Waals surface area contributed by atoms with E-state index in [9.17, 15) is 10.1 Å². The molecule has 5 N–H and O–H groups in total. The summed E-state index contributed by atoms with van der Waals surface area (Å²) in [5.41, 5.74) is 12.2. The van der Waals surface area contributed by atoms with Crippen LogP contribution < -0.4 is 16.8 Å². The van der Waals surface area contributed by atoms with Crippen molar-refractivity contribution in [1.82, 2.24) is 10.2 Å². The zero-order valence-electron chi connectivity index (χ0n) is 11.6. The highest BCUT2D eigenvalue weighted by atomic mass is 16.6. The van der Waals surface area contributed by atoms with Crippen LogP contribution in [0.3, 0.4) is 0 Å². The van der Waals surface area contributed by atoms with Gasteiger partial charge in [0, 0.05) is 57.9 Å². The Morgan fingerprint density at radius 2 is 1.80 bits per heavy atom. The highest BCUT2D eigenvalue weighted by Gasteiger charge is 2.07. The van der Waals surface area contributed by atoms with Crippen molar-refractivity contribution in [2.75, 3.05) is 39.3 Å². The predicted octanol–water partition coefficient (Wildman–Crippen LogP) is -0.0962. The molecular formula is C13H23N5O2. The fourth-order valence-electron chi connectivity index (χ4n) is 1.90. The van der Waals surface area contributed by atoms with Crippen LogP contribution >= 0.6 is 0 Å². The second-order valence-electron chi connectivity index (χ2n) is 4.53. The van der Waals surface area contributed by atoms with Crippen molar-refractivity contribution in [3.05, 3.63) is 39.9 Å². The van der Waals surface area contributed by atoms with Gasteiger partial charge < -0.3 is 16.8 Å². The first kappa shape index (κ1) is 16.5. The first-order chi connectivity index (χ1) is 9.67. The number of hydrogen-bond donors (Lipinski definition) is 3. The lowest BCUT2D eigenvalue weighted by Gasteiger charge is -2.21. The fraction of sp³-hybridized carbons (Fsp3) is 0.538. The number of nitro benzene ring substituents is 1. The molecule has 1 aromatic carbocycles. The minimum Gasteiger partial charge on any atom is -0.329 e. The molecule has 0 spiro atoms. The monoisotopic (exact) mass is 281 g/mol. The second-order valence-corrected chi connectivity index (χ2v) is 4.53. The Kier molecular flexibility index (Phi) is 7.74. The van der Waals surface area contributed by atoms with Gasteiger partial charge in [0.1, 0.15) is 0 Å². The van der Waals surface area contributed by atoms with Gasteiger partial charge in [-0.25, -0.2) is 0 Å². The highest BCUT2D eigenvalue weighted by molar-refractivity contribution is 5.32. The molecule has 0 aliphatic rings. The van der Waals surface area contributed by atoms with E-state index in [1.807, 2.05) is 0 Å². The number of hydrogen-bond acceptors (Lipinski definition) is 6. The number of nitrogens with zero attached hydrogens (tertiary/aromatic N) is 2. The maximum Gasteiger partial charge on any atom is 0.269 e. The van der Waals surface area contributed by atoms with Gasteiger partial charge in [-0.2, -0.15) is 0 Å². The van der Waals surface area contributed by atoms with E-state index >= 15 is 0 Å². The zero-order valence-corrected chi connectivity index (χ0v) is 11.6. The largest absolute Gasteiger partial charge is 0.329 e. The third kappa shape index (κ3) is 6.07. The summed E-state index contributed by atoms with van der Waals surface area (Å²) < 4.78 is 0. The third-order valence-electron chi connectivity index (χ3n) is 2.92. The van der Waals surface area contributed by atoms with Crippen molar-refractivity contribution in [2.45, 2.75) is 6.54 Å². The number of rotatable bonds is 10. The van der Waals surface area contributed by atoms with Crippen LogP contribution in [0.4, 0.5) is 5.69 Å². The van der Waals surface area contributed by atoms with Crippen LogP contribution in [0.1, 0.15) is 5.56 Å². The molecule has 112 valence electrons. The molecule has 7 nitrogen and oxygen atoms in total. The van der Waals surface area contributed by atoms with Crippen LogP contribution in [-0.4, -0.2) is 49.1 Å². The van der Waals surface area contributed by atoms with E-state index in [0.717, 1.165) is 38.3 Å². The Morgan fingerprint density at radius 1 is 1.10 bits per heavy atom. The van der Waals surface area contributed by atoms with E-state index in [-0.39, 0.29) is 5.69 Å². The Bertz CT molecular complexity index is 396. The molecule has 0 aliphatic heterocycles. The van der Waals surface area contributed by atoms with Crippen LogP contribution in [0.15, 0.2) is 24.3 Å². The summed E-state index contributed by atoms with van der Waals surface area (Å²) in [4.78, 5) is 12.4. The quantitative estimate of drug-likeness (QED) is 0.314. The van der Waals surface area contributed by atoms with Crippen LogP contribution in [0.25, 0.3) is 0 Å². The van der Waals surface area contributed by atoms with Crippen molar-refractivity contribution in [3.8, 4) is 0 Å². The van der Waals surface area contributed by atoms with Crippen molar-refractivity contribution >= 4 is 5.69 Å². The van der Waals surface area contributed by atoms with Gasteiger partial charge >= 0.3 is 0 Å². The average molecular weight is 281 g/mol. The number of nitrogens with two attached hydrogens (primary N) is 2. The van der Waals surface area contributed by atoms with E-state index in [1.54, 1.807) is 12.1 Å². The summed E-state index contributed by atoms with van der Waals surface area (Å²) >= 11 is 0. The van der Waals surface area contributed by atoms with Crippen molar-refractivity contribution in [1.29, 1.82) is 0 Å². The molecule has 0 amide bonds. The molecule has 0 saturated heterocycles. The SMILES string of the molecule is NCCNCCN(CCN)Cc1ccc([N+](=O)[O-])cc1. The summed E-state index contributed by atoms with van der Waals surface area (Å²) in [6, 6.07) is 6.63. The minimum absolute atomic E-state index is 0.115. The average Bonchev–Trinajstić information content (AvgIpc) is 2.44. The topological polar surface area (TPSA) is 110 Å². The van der Waals surface area contributed by atoms with Gasteiger partial charge in [0.25, 0.3) is 5.69 Å². The Hall–Kier alpha value is -1.54. The van der Waals surface area contributed by atoms with Crippen molar-refractivity contribution in [3.63, 3.8) is 0 Å². The van der Waals surface area contributed by atoms with Gasteiger partial charge in [0.15, 0.2) is 0 Å². The van der Waals surface area contributed by atoms with E-state index in [0.29, 0.717) is 13.1 Å². The van der Waals surface area contributed by atoms with Crippen LogP contribution in [0, 0.1) is 10.1 Å². The number of nitrogens with one attached hydrogen (secondary N) is 1. The van der Waals surface area contributed by atoms with Crippen LogP contribution in [-0.2, 0) is 6.54 Å². The van der Waals surface area contributed by atoms with Crippen molar-refractivity contribution in [2.24, 2.45) is 11.5 Å². The molecule has 0 unspecified atom stereocenters. The summed E-state index contributed by atoms with van der Waals surface area (Å²) in [7, 11) is 0. The molecular weight excluding hydrogens is 258 g/mol. The second kappa shape index (κ2) is 9.38. The number of non-ortho nitro benzene ring substituents is 1. The smallest absolute Gasteiger partial charge is 0.269 e. The molecule has 0 saturated carbocycles. The Balaban J connectivity index is 2.49. The van der Waals surface area contributed by atoms with E-state index < -0.39 is 4.92 Å². The molecule has 0 fully saturated rings. The molecule has 7 heteroatoms. The van der Waals surface area contributed by atoms with Gasteiger partial charge in [0.05, 0.1) is 4.92 Å². The first-order valence-electron chi connectivity index (χ1n) is 6.74. The van der Waals surface area contributed by atoms with Gasteiger partial charge in [-0.15, -0.1) is 0 Å². The summed E-state index contributed by atoms with van der Waals surface area (Å²) in [6.07, 6.45) is 0. The van der Waals surface area contributed by atoms with E-state index in [2.05, 4.69) is 10.2 Å². The molecule has 0 bridgehead atoms. The maximum atomic E-state index is 10.6. The Labute approximate surface area is 119 Å². The fourth-order valence-corrected chi connectivity index (χ4v) is 1.90. The first-order valence-corrected chi connectivity index (χ1v) is 6.74. The summed E-state index contributed by atoms with van der Waals surface area (Å²) in [5.74, 6) is 0. The molecule has 1 rings (SSSR count). The van der Waals surface area contributed by atoms with Gasteiger partial charge in [-0.05, 0) is 5.56 Å². The molecule has 0 radical (unpaired) electrons. The van der Waals surface area contributed by atoms with Crippen molar-refractivity contribution < 1.29 is 4.92 Å². The molecule has 0 aliphatic carbocycles. The number of nitro groups is 1. The standard InChI is InChI=1S/C13H23N5O2/c14-5-7-16-8-10-17(9-6-15)11-12-1-3-13(4-2-12)18(19)20/h1-4,16H,5-11,14-15H2. The predicted molar refractivity (Wildman–Crippen MR) is 79.4 cm³/mol. The van der Waals surface area contributed by atoms with Crippen LogP contribution in [0.2, 0.25) is 0 Å². The lowest BCUT2D eigenvalue weighted by atomic mass is 10.2. The Morgan fingerprint density at radius 3 is 2.35 bits per heavy atom. The van der Waals surface area contributed by atoms with E-state index in [4.69, 9.17) is 11.5 Å². The summed E-state index contributed by atoms with van der Waals surface area (Å²) in [6.45, 7) is 5.26. The zero-order chi connectivity index (χ0) is 14.8. The molecule has 20 heavy (non-hydrogen) atoms. The molecule has 0 heterocycles. The lowest BCUT2D eigenvalue weighted by Crippen LogP contribution is -2.36. The third-order valence-corrected chi connectivity index (χ3v) is 2.92. The molecule has 0 atom stereocenters. The molecule has 0 aromatic heterocycles. The van der Waals surface area contributed by atoms with Gasteiger partial charge in [-0.3, -0.25) is 15.0 Å².